The van der Waals surface area contributed by atoms with Crippen molar-refractivity contribution < 1.29 is 79.9 Å². The monoisotopic (exact) mass is 504 g/mol. The maximum atomic E-state index is 10.6. The molecular weight excluding hydrogens is 472 g/mol. The van der Waals surface area contributed by atoms with E-state index >= 15 is 0 Å². The highest BCUT2D eigenvalue weighted by Gasteiger charge is 2.60. The molecule has 3 aliphatic rings. The number of aliphatic hydroxyl groups excluding tert-OH is 11. The zero-order chi connectivity index (χ0) is 25.4. The van der Waals surface area contributed by atoms with Crippen LogP contribution in [-0.4, -0.2) is 168 Å². The van der Waals surface area contributed by atoms with E-state index in [0.717, 1.165) is 0 Å². The molecule has 3 saturated heterocycles. The Bertz CT molecular complexity index is 670. The summed E-state index contributed by atoms with van der Waals surface area (Å²) in [4.78, 5) is 0. The molecule has 3 rings (SSSR count). The van der Waals surface area contributed by atoms with Crippen LogP contribution < -0.4 is 0 Å². The normalized spacial score (nSPS) is 51.8. The summed E-state index contributed by atoms with van der Waals surface area (Å²) in [7, 11) is 0. The third-order valence-electron chi connectivity index (χ3n) is 6.29. The van der Waals surface area contributed by atoms with Crippen molar-refractivity contribution in [1.29, 1.82) is 0 Å². The first-order chi connectivity index (χ1) is 16.0. The maximum Gasteiger partial charge on any atom is 0.222 e. The largest absolute Gasteiger partial charge is 0.394 e. The van der Waals surface area contributed by atoms with E-state index < -0.39 is 112 Å². The SMILES string of the molecule is OCC1OC(CO)(OCC2(OCC3OC(O)C(O)C(O)C3O)OC(CO)C(O)C2O)C(O)C1O. The standard InChI is InChI=1S/C18H32O16/c19-1-6-10(23)14(27)17(4-21,33-6)31-5-18(15(28)11(24)7(2-20)34-18)30-3-8-9(22)12(25)13(26)16(29)32-8/h6-16,19-29H,1-5H2. The van der Waals surface area contributed by atoms with Gasteiger partial charge in [0.1, 0.15) is 74.3 Å². The Balaban J connectivity index is 1.79. The van der Waals surface area contributed by atoms with Crippen LogP contribution in [0.25, 0.3) is 0 Å². The average Bonchev–Trinajstić information content (AvgIpc) is 3.23. The fraction of sp³-hybridized carbons (Fsp3) is 1.00. The number of ether oxygens (including phenoxy) is 5. The van der Waals surface area contributed by atoms with Crippen LogP contribution in [-0.2, 0) is 23.7 Å². The number of hydrogen-bond acceptors (Lipinski definition) is 16. The van der Waals surface area contributed by atoms with Crippen LogP contribution in [0.2, 0.25) is 0 Å². The molecule has 0 aromatic carbocycles. The highest BCUT2D eigenvalue weighted by atomic mass is 16.8. The van der Waals surface area contributed by atoms with Gasteiger partial charge < -0.3 is 79.9 Å². The smallest absolute Gasteiger partial charge is 0.222 e. The second kappa shape index (κ2) is 10.8. The fourth-order valence-corrected chi connectivity index (χ4v) is 4.10. The predicted octanol–water partition coefficient (Wildman–Crippen LogP) is -7.57. The first-order valence-corrected chi connectivity index (χ1v) is 10.5. The molecular formula is C18H32O16. The van der Waals surface area contributed by atoms with Gasteiger partial charge in [-0.15, -0.1) is 0 Å². The van der Waals surface area contributed by atoms with Crippen LogP contribution in [0.5, 0.6) is 0 Å². The third-order valence-corrected chi connectivity index (χ3v) is 6.29. The molecule has 0 aromatic heterocycles. The van der Waals surface area contributed by atoms with E-state index in [1.54, 1.807) is 0 Å². The molecule has 3 fully saturated rings. The van der Waals surface area contributed by atoms with Gasteiger partial charge in [-0.2, -0.15) is 0 Å². The van der Waals surface area contributed by atoms with Gasteiger partial charge in [-0.25, -0.2) is 0 Å². The predicted molar refractivity (Wildman–Crippen MR) is 101 cm³/mol. The van der Waals surface area contributed by atoms with Gasteiger partial charge in [0.05, 0.1) is 19.8 Å². The Morgan fingerprint density at radius 3 is 1.62 bits per heavy atom. The van der Waals surface area contributed by atoms with Crippen molar-refractivity contribution in [2.24, 2.45) is 0 Å². The topological polar surface area (TPSA) is 269 Å². The van der Waals surface area contributed by atoms with Crippen LogP contribution in [0.4, 0.5) is 0 Å². The molecule has 0 amide bonds. The number of hydrogen-bond donors (Lipinski definition) is 11. The summed E-state index contributed by atoms with van der Waals surface area (Å²) in [6, 6.07) is 0. The Morgan fingerprint density at radius 1 is 0.588 bits per heavy atom. The Labute approximate surface area is 192 Å². The second-order valence-corrected chi connectivity index (χ2v) is 8.47. The maximum absolute atomic E-state index is 10.6. The van der Waals surface area contributed by atoms with E-state index in [2.05, 4.69) is 0 Å². The molecule has 34 heavy (non-hydrogen) atoms. The molecule has 200 valence electrons. The quantitative estimate of drug-likeness (QED) is 0.139. The van der Waals surface area contributed by atoms with E-state index in [1.807, 2.05) is 0 Å². The third kappa shape index (κ3) is 4.83. The Morgan fingerprint density at radius 2 is 1.12 bits per heavy atom. The minimum absolute atomic E-state index is 0.718. The van der Waals surface area contributed by atoms with E-state index in [9.17, 15) is 56.2 Å². The number of aliphatic hydroxyl groups is 11. The van der Waals surface area contributed by atoms with Gasteiger partial charge in [0, 0.05) is 0 Å². The second-order valence-electron chi connectivity index (χ2n) is 8.47. The molecule has 11 N–H and O–H groups in total. The molecule has 16 heteroatoms. The lowest BCUT2D eigenvalue weighted by Crippen LogP contribution is -2.60. The summed E-state index contributed by atoms with van der Waals surface area (Å²) < 4.78 is 26.7. The lowest BCUT2D eigenvalue weighted by atomic mass is 9.99. The first-order valence-electron chi connectivity index (χ1n) is 10.5. The minimum atomic E-state index is -2.34. The summed E-state index contributed by atoms with van der Waals surface area (Å²) >= 11 is 0. The van der Waals surface area contributed by atoms with Gasteiger partial charge in [-0.05, 0) is 0 Å². The molecule has 3 aliphatic heterocycles. The zero-order valence-corrected chi connectivity index (χ0v) is 17.8. The van der Waals surface area contributed by atoms with Crippen LogP contribution in [0.3, 0.4) is 0 Å². The van der Waals surface area contributed by atoms with E-state index in [1.165, 1.54) is 0 Å². The first kappa shape index (κ1) is 27.9. The number of rotatable bonds is 9. The van der Waals surface area contributed by atoms with Crippen molar-refractivity contribution in [1.82, 2.24) is 0 Å². The Hall–Kier alpha value is -0.640. The van der Waals surface area contributed by atoms with Crippen LogP contribution in [0.1, 0.15) is 0 Å². The van der Waals surface area contributed by atoms with Crippen LogP contribution in [0, 0.1) is 0 Å². The van der Waals surface area contributed by atoms with E-state index in [-0.39, 0.29) is 0 Å². The molecule has 13 unspecified atom stereocenters. The highest BCUT2D eigenvalue weighted by Crippen LogP contribution is 2.38. The zero-order valence-electron chi connectivity index (χ0n) is 17.8. The molecule has 3 heterocycles. The van der Waals surface area contributed by atoms with Crippen molar-refractivity contribution in [3.05, 3.63) is 0 Å². The van der Waals surface area contributed by atoms with Crippen molar-refractivity contribution >= 4 is 0 Å². The lowest BCUT2D eigenvalue weighted by Gasteiger charge is -2.41. The van der Waals surface area contributed by atoms with Crippen molar-refractivity contribution in [3.63, 3.8) is 0 Å². The molecule has 0 aliphatic carbocycles. The molecule has 0 spiro atoms. The molecule has 0 aromatic rings. The van der Waals surface area contributed by atoms with Gasteiger partial charge in [0.2, 0.25) is 11.6 Å². The summed E-state index contributed by atoms with van der Waals surface area (Å²) in [6.45, 7) is -4.15. The van der Waals surface area contributed by atoms with E-state index in [0.29, 0.717) is 0 Å². The van der Waals surface area contributed by atoms with Gasteiger partial charge in [0.15, 0.2) is 6.29 Å². The minimum Gasteiger partial charge on any atom is -0.394 e. The molecule has 0 bridgehead atoms. The molecule has 16 nitrogen and oxygen atoms in total. The van der Waals surface area contributed by atoms with Gasteiger partial charge in [-0.1, -0.05) is 0 Å². The van der Waals surface area contributed by atoms with E-state index in [4.69, 9.17) is 23.7 Å². The van der Waals surface area contributed by atoms with Gasteiger partial charge >= 0.3 is 0 Å². The summed E-state index contributed by atoms with van der Waals surface area (Å²) in [6.07, 6.45) is -18.6. The molecule has 0 saturated carbocycles. The van der Waals surface area contributed by atoms with Crippen LogP contribution in [0.15, 0.2) is 0 Å². The molecule has 13 atom stereocenters. The summed E-state index contributed by atoms with van der Waals surface area (Å²) in [5.74, 6) is -4.64. The summed E-state index contributed by atoms with van der Waals surface area (Å²) in [5.41, 5.74) is 0. The van der Waals surface area contributed by atoms with Crippen molar-refractivity contribution in [2.75, 3.05) is 33.0 Å². The summed E-state index contributed by atoms with van der Waals surface area (Å²) in [5, 5.41) is 109. The van der Waals surface area contributed by atoms with Gasteiger partial charge in [-0.3, -0.25) is 0 Å². The van der Waals surface area contributed by atoms with Crippen molar-refractivity contribution in [2.45, 2.75) is 78.9 Å². The fourth-order valence-electron chi connectivity index (χ4n) is 4.10. The van der Waals surface area contributed by atoms with Gasteiger partial charge in [0.25, 0.3) is 0 Å². The molecule has 0 radical (unpaired) electrons. The van der Waals surface area contributed by atoms with Crippen molar-refractivity contribution in [3.8, 4) is 0 Å². The average molecular weight is 504 g/mol. The Kier molecular flexibility index (Phi) is 8.85. The lowest BCUT2D eigenvalue weighted by molar-refractivity contribution is -0.352. The van der Waals surface area contributed by atoms with Crippen LogP contribution >= 0.6 is 0 Å². The highest BCUT2D eigenvalue weighted by molar-refractivity contribution is 5.01.